The van der Waals surface area contributed by atoms with Gasteiger partial charge in [-0.05, 0) is 60.4 Å². The summed E-state index contributed by atoms with van der Waals surface area (Å²) in [5.74, 6) is 0.105. The van der Waals surface area contributed by atoms with Crippen molar-refractivity contribution < 1.29 is 14.2 Å². The van der Waals surface area contributed by atoms with Gasteiger partial charge in [0.15, 0.2) is 4.90 Å². The molecule has 1 aliphatic heterocycles. The first-order valence-electron chi connectivity index (χ1n) is 12.6. The van der Waals surface area contributed by atoms with E-state index in [9.17, 15) is 9.35 Å². The van der Waals surface area contributed by atoms with E-state index in [0.717, 1.165) is 28.7 Å². The van der Waals surface area contributed by atoms with E-state index < -0.39 is 11.4 Å². The van der Waals surface area contributed by atoms with Crippen molar-refractivity contribution in [2.24, 2.45) is 10.7 Å². The van der Waals surface area contributed by atoms with Gasteiger partial charge in [0.05, 0.1) is 17.0 Å². The second kappa shape index (κ2) is 12.7. The highest BCUT2D eigenvalue weighted by Gasteiger charge is 2.22. The minimum Gasteiger partial charge on any atom is -0.593 e. The fourth-order valence-electron chi connectivity index (χ4n) is 4.07. The summed E-state index contributed by atoms with van der Waals surface area (Å²) >= 11 is -1.28. The largest absolute Gasteiger partial charge is 0.593 e. The van der Waals surface area contributed by atoms with Crippen molar-refractivity contribution in [2.75, 3.05) is 18.8 Å². The number of carbonyl (C=O) groups excluding carboxylic acids is 1. The van der Waals surface area contributed by atoms with Crippen molar-refractivity contribution in [2.45, 2.75) is 38.2 Å². The number of hydrogen-bond donors (Lipinski definition) is 3. The Morgan fingerprint density at radius 2 is 1.84 bits per heavy atom. The van der Waals surface area contributed by atoms with E-state index in [1.807, 2.05) is 74.5 Å². The van der Waals surface area contributed by atoms with E-state index in [1.54, 1.807) is 12.1 Å². The Bertz CT molecular complexity index is 1340. The van der Waals surface area contributed by atoms with Crippen LogP contribution in [0, 0.1) is 0 Å². The molecule has 0 aromatic heterocycles. The molecule has 5 N–H and O–H groups in total. The molecule has 3 aromatic rings. The number of amidine groups is 1. The van der Waals surface area contributed by atoms with Crippen LogP contribution in [0.1, 0.15) is 37.8 Å². The average Bonchev–Trinajstić information content (AvgIpc) is 3.09. The number of nitrogens with one attached hydrogen (secondary N) is 1. The number of amides is 1. The third kappa shape index (κ3) is 6.81. The molecule has 1 aliphatic rings. The van der Waals surface area contributed by atoms with Gasteiger partial charge in [0.2, 0.25) is 0 Å². The number of nitrogen functional groups attached to an aromatic ring is 1. The maximum atomic E-state index is 13.5. The molecule has 0 radical (unpaired) electrons. The van der Waals surface area contributed by atoms with Crippen molar-refractivity contribution in [1.29, 1.82) is 0 Å². The summed E-state index contributed by atoms with van der Waals surface area (Å²) in [5, 5.41) is 1.39. The minimum absolute atomic E-state index is 0.214. The number of anilines is 1. The van der Waals surface area contributed by atoms with Gasteiger partial charge in [-0.25, -0.2) is 10.1 Å². The second-order valence-corrected chi connectivity index (χ2v) is 10.2. The maximum absolute atomic E-state index is 13.5. The highest BCUT2D eigenvalue weighted by Crippen LogP contribution is 2.33. The lowest BCUT2D eigenvalue weighted by atomic mass is 10.0. The molecule has 0 bridgehead atoms. The number of hydrogen-bond acceptors (Lipinski definition) is 7. The molecule has 0 aliphatic carbocycles. The molecule has 8 nitrogen and oxygen atoms in total. The standard InChI is InChI=1S/C29H33N5O3S/c1-3-14-34(37-19-20-8-12-25(30)13-9-20)29(35)24-15-23-11-10-22(17-27(23)33-28(31)18-24)21-6-5-7-26(16-21)38(36)32-4-2/h5-13,15-17,32H,3-4,14,18-19,30H2,1-2H3,(H2,31,33). The summed E-state index contributed by atoms with van der Waals surface area (Å²) < 4.78 is 15.3. The van der Waals surface area contributed by atoms with E-state index >= 15 is 0 Å². The molecule has 3 aromatic carbocycles. The third-order valence-electron chi connectivity index (χ3n) is 5.95. The summed E-state index contributed by atoms with van der Waals surface area (Å²) in [6, 6.07) is 20.8. The number of aliphatic imine (C=N–C) groups is 1. The Morgan fingerprint density at radius 1 is 1.08 bits per heavy atom. The van der Waals surface area contributed by atoms with Gasteiger partial charge in [0, 0.05) is 42.4 Å². The van der Waals surface area contributed by atoms with Crippen LogP contribution < -0.4 is 16.2 Å². The molecule has 4 rings (SSSR count). The number of carbonyl (C=O) groups is 1. The number of fused-ring (bicyclic) bond motifs is 1. The first-order chi connectivity index (χ1) is 18.4. The Kier molecular flexibility index (Phi) is 9.19. The van der Waals surface area contributed by atoms with Gasteiger partial charge in [-0.15, -0.1) is 4.72 Å². The van der Waals surface area contributed by atoms with Crippen molar-refractivity contribution in [3.8, 4) is 11.1 Å². The lowest BCUT2D eigenvalue weighted by Gasteiger charge is -2.22. The van der Waals surface area contributed by atoms with Crippen LogP contribution in [0.25, 0.3) is 17.2 Å². The predicted molar refractivity (Wildman–Crippen MR) is 153 cm³/mol. The van der Waals surface area contributed by atoms with Gasteiger partial charge in [-0.2, -0.15) is 0 Å². The fourth-order valence-corrected chi connectivity index (χ4v) is 4.93. The minimum atomic E-state index is -1.28. The maximum Gasteiger partial charge on any atom is 0.273 e. The van der Waals surface area contributed by atoms with Crippen LogP contribution in [0.5, 0.6) is 0 Å². The second-order valence-electron chi connectivity index (χ2n) is 8.94. The van der Waals surface area contributed by atoms with Gasteiger partial charge in [0.25, 0.3) is 5.91 Å². The Balaban J connectivity index is 1.58. The van der Waals surface area contributed by atoms with Gasteiger partial charge < -0.3 is 16.0 Å². The molecule has 0 fully saturated rings. The van der Waals surface area contributed by atoms with Crippen molar-refractivity contribution in [3.05, 3.63) is 83.4 Å². The topological polar surface area (TPSA) is 129 Å². The van der Waals surface area contributed by atoms with E-state index in [-0.39, 0.29) is 18.9 Å². The third-order valence-corrected chi connectivity index (χ3v) is 7.18. The highest BCUT2D eigenvalue weighted by atomic mass is 32.2. The fraction of sp³-hybridized carbons (Fsp3) is 0.241. The van der Waals surface area contributed by atoms with Crippen molar-refractivity contribution in [1.82, 2.24) is 9.79 Å². The number of hydroxylamine groups is 2. The monoisotopic (exact) mass is 531 g/mol. The smallest absolute Gasteiger partial charge is 0.273 e. The van der Waals surface area contributed by atoms with Gasteiger partial charge in [-0.1, -0.05) is 43.3 Å². The number of benzene rings is 3. The highest BCUT2D eigenvalue weighted by molar-refractivity contribution is 7.89. The van der Waals surface area contributed by atoms with E-state index in [4.69, 9.17) is 16.3 Å². The molecule has 9 heteroatoms. The van der Waals surface area contributed by atoms with Crippen LogP contribution >= 0.6 is 0 Å². The number of rotatable bonds is 10. The summed E-state index contributed by atoms with van der Waals surface area (Å²) in [7, 11) is 0. The Morgan fingerprint density at radius 3 is 2.58 bits per heavy atom. The van der Waals surface area contributed by atoms with Gasteiger partial charge in [-0.3, -0.25) is 9.63 Å². The van der Waals surface area contributed by atoms with Gasteiger partial charge in [0.1, 0.15) is 12.4 Å². The molecular formula is C29H33N5O3S. The lowest BCUT2D eigenvalue weighted by Crippen LogP contribution is -2.34. The molecule has 0 saturated carbocycles. The van der Waals surface area contributed by atoms with E-state index in [2.05, 4.69) is 9.71 Å². The van der Waals surface area contributed by atoms with Gasteiger partial charge >= 0.3 is 0 Å². The van der Waals surface area contributed by atoms with Crippen molar-refractivity contribution >= 4 is 40.6 Å². The van der Waals surface area contributed by atoms with Crippen LogP contribution in [0.15, 0.2) is 82.2 Å². The first-order valence-corrected chi connectivity index (χ1v) is 13.8. The van der Waals surface area contributed by atoms with E-state index in [0.29, 0.717) is 40.8 Å². The zero-order valence-corrected chi connectivity index (χ0v) is 22.5. The summed E-state index contributed by atoms with van der Waals surface area (Å²) in [5.41, 5.74) is 17.4. The quantitative estimate of drug-likeness (QED) is 0.197. The average molecular weight is 532 g/mol. The molecule has 0 spiro atoms. The van der Waals surface area contributed by atoms with E-state index in [1.165, 1.54) is 5.06 Å². The molecule has 1 unspecified atom stereocenters. The molecule has 198 valence electrons. The molecule has 1 amide bonds. The normalized spacial score (nSPS) is 13.7. The van der Waals surface area contributed by atoms with Crippen LogP contribution in [0.3, 0.4) is 0 Å². The molecular weight excluding hydrogens is 498 g/mol. The number of nitrogens with zero attached hydrogens (tertiary/aromatic N) is 2. The van der Waals surface area contributed by atoms with Crippen LogP contribution in [0.2, 0.25) is 0 Å². The zero-order chi connectivity index (χ0) is 27.1. The SMILES string of the molecule is CCCN(OCc1ccc(N)cc1)C(=O)C1=Cc2ccc(-c3cccc([S+]([O-])NCC)c3)cc2N=C(N)C1. The number of nitrogens with two attached hydrogens (primary N) is 2. The predicted octanol–water partition coefficient (Wildman–Crippen LogP) is 4.71. The summed E-state index contributed by atoms with van der Waals surface area (Å²) in [6.07, 6.45) is 2.78. The summed E-state index contributed by atoms with van der Waals surface area (Å²) in [4.78, 5) is 24.7. The van der Waals surface area contributed by atoms with Crippen LogP contribution in [0.4, 0.5) is 11.4 Å². The molecule has 38 heavy (non-hydrogen) atoms. The lowest BCUT2D eigenvalue weighted by molar-refractivity contribution is -0.187. The van der Waals surface area contributed by atoms with Crippen LogP contribution in [-0.2, 0) is 27.6 Å². The molecule has 0 saturated heterocycles. The zero-order valence-electron chi connectivity index (χ0n) is 21.6. The summed E-state index contributed by atoms with van der Waals surface area (Å²) in [6.45, 7) is 5.21. The molecule has 1 atom stereocenters. The van der Waals surface area contributed by atoms with Crippen molar-refractivity contribution in [3.63, 3.8) is 0 Å². The Hall–Kier alpha value is -3.63. The first kappa shape index (κ1) is 27.4. The van der Waals surface area contributed by atoms with Crippen LogP contribution in [-0.4, -0.2) is 34.4 Å². The Labute approximate surface area is 226 Å². The molecule has 1 heterocycles.